The van der Waals surface area contributed by atoms with Gasteiger partial charge in [-0.25, -0.2) is 19.9 Å². The van der Waals surface area contributed by atoms with Crippen LogP contribution in [0, 0.1) is 5.41 Å². The van der Waals surface area contributed by atoms with Crippen molar-refractivity contribution in [2.75, 3.05) is 44.2 Å². The highest BCUT2D eigenvalue weighted by molar-refractivity contribution is 7.16. The molecule has 0 bridgehead atoms. The van der Waals surface area contributed by atoms with Gasteiger partial charge in [0.05, 0.1) is 28.5 Å². The number of pyridine rings is 2. The lowest BCUT2D eigenvalue weighted by Gasteiger charge is -2.28. The van der Waals surface area contributed by atoms with Gasteiger partial charge in [0.2, 0.25) is 17.7 Å². The van der Waals surface area contributed by atoms with Crippen molar-refractivity contribution in [2.24, 2.45) is 5.41 Å². The first-order valence-electron chi connectivity index (χ1n) is 17.1. The minimum atomic E-state index is -0.508. The average Bonchev–Trinajstić information content (AvgIpc) is 3.97. The molecule has 3 aliphatic rings. The Morgan fingerprint density at radius 2 is 1.96 bits per heavy atom. The minimum Gasteiger partial charge on any atom is -0.475 e. The summed E-state index contributed by atoms with van der Waals surface area (Å²) in [6, 6.07) is 7.53. The molecule has 5 aromatic heterocycles. The Kier molecular flexibility index (Phi) is 8.39. The van der Waals surface area contributed by atoms with Crippen LogP contribution in [-0.4, -0.2) is 107 Å². The number of anilines is 1. The van der Waals surface area contributed by atoms with Crippen molar-refractivity contribution >= 4 is 45.6 Å². The monoisotopic (exact) mass is 693 g/mol. The molecule has 258 valence electrons. The number of aromatic amines is 1. The van der Waals surface area contributed by atoms with E-state index in [-0.39, 0.29) is 17.9 Å². The van der Waals surface area contributed by atoms with E-state index in [9.17, 15) is 9.59 Å². The Balaban J connectivity index is 0.890. The van der Waals surface area contributed by atoms with Gasteiger partial charge in [0.25, 0.3) is 0 Å². The van der Waals surface area contributed by atoms with Crippen LogP contribution in [-0.2, 0) is 16.1 Å². The molecule has 1 N–H and O–H groups in total. The zero-order valence-corrected chi connectivity index (χ0v) is 29.2. The first kappa shape index (κ1) is 32.2. The lowest BCUT2D eigenvalue weighted by molar-refractivity contribution is -0.132. The average molecular weight is 694 g/mol. The third-order valence-corrected chi connectivity index (χ3v) is 10.8. The van der Waals surface area contributed by atoms with Crippen molar-refractivity contribution < 1.29 is 14.3 Å². The summed E-state index contributed by atoms with van der Waals surface area (Å²) < 4.78 is 7.48. The second kappa shape index (κ2) is 13.0. The standard InChI is InChI=1S/C35H39N11O3S/c1-4-45-21-38-32(42-45)26-18-37-33(50-26)23-9-13-44(14-10-23)29(47)19-43-15-11-35(20-43)12-16-46(34(35)48)27-7-6-25-31(39-27)30(41-40-25)24-5-8-28(36-17-24)49-22(2)3/h5-9,17-18,21-22H,4,10-16,19-20H2,1-3H3,(H,40,41)/t35-/m0/s1. The largest absolute Gasteiger partial charge is 0.475 e. The Morgan fingerprint density at radius 1 is 1.08 bits per heavy atom. The molecule has 14 nitrogen and oxygen atoms in total. The molecule has 8 rings (SSSR count). The molecule has 1 atom stereocenters. The Bertz CT molecular complexity index is 2080. The van der Waals surface area contributed by atoms with Crippen LogP contribution in [0.3, 0.4) is 0 Å². The number of hydrogen-bond donors (Lipinski definition) is 1. The lowest BCUT2D eigenvalue weighted by Crippen LogP contribution is -2.43. The molecule has 1 spiro atoms. The van der Waals surface area contributed by atoms with Crippen molar-refractivity contribution in [3.8, 4) is 27.8 Å². The van der Waals surface area contributed by atoms with Gasteiger partial charge < -0.3 is 9.64 Å². The molecule has 0 aromatic carbocycles. The molecule has 5 aromatic rings. The SMILES string of the molecule is CCn1cnc(-c2cnc(C3=CCN(C(=O)CN4CC[C@]5(CCN(c6ccc7[nH]nc(-c8ccc(OC(C)C)nc8)c7n6)C5=O)C4)CC3)s2)n1. The maximum atomic E-state index is 14.0. The number of fused-ring (bicyclic) bond motifs is 1. The first-order chi connectivity index (χ1) is 24.3. The minimum absolute atomic E-state index is 0.0319. The van der Waals surface area contributed by atoms with Crippen molar-refractivity contribution in [3.05, 3.63) is 54.1 Å². The summed E-state index contributed by atoms with van der Waals surface area (Å²) >= 11 is 1.58. The van der Waals surface area contributed by atoms with Gasteiger partial charge in [-0.15, -0.1) is 11.3 Å². The summed E-state index contributed by atoms with van der Waals surface area (Å²) in [5, 5.41) is 13.0. The van der Waals surface area contributed by atoms with Crippen LogP contribution in [0.25, 0.3) is 38.6 Å². The normalized spacial score (nSPS) is 19.8. The van der Waals surface area contributed by atoms with E-state index >= 15 is 0 Å². The van der Waals surface area contributed by atoms with E-state index in [0.717, 1.165) is 52.3 Å². The zero-order valence-electron chi connectivity index (χ0n) is 28.4. The summed E-state index contributed by atoms with van der Waals surface area (Å²) in [6.45, 7) is 10.1. The van der Waals surface area contributed by atoms with Gasteiger partial charge in [-0.05, 0) is 70.4 Å². The maximum Gasteiger partial charge on any atom is 0.237 e. The predicted molar refractivity (Wildman–Crippen MR) is 189 cm³/mol. The molecule has 2 amide bonds. The quantitative estimate of drug-likeness (QED) is 0.237. The lowest BCUT2D eigenvalue weighted by atomic mass is 9.85. The number of nitrogens with one attached hydrogen (secondary N) is 1. The molecule has 15 heteroatoms. The number of likely N-dealkylation sites (tertiary alicyclic amines) is 1. The number of amides is 2. The highest BCUT2D eigenvalue weighted by Crippen LogP contribution is 2.42. The Labute approximate surface area is 293 Å². The van der Waals surface area contributed by atoms with E-state index < -0.39 is 5.41 Å². The van der Waals surface area contributed by atoms with E-state index in [2.05, 4.69) is 41.2 Å². The second-order valence-corrected chi connectivity index (χ2v) is 14.4. The van der Waals surface area contributed by atoms with Gasteiger partial charge in [-0.3, -0.25) is 29.2 Å². The van der Waals surface area contributed by atoms with Crippen LogP contribution in [0.15, 0.2) is 49.1 Å². The van der Waals surface area contributed by atoms with Crippen LogP contribution in [0.5, 0.6) is 5.88 Å². The molecular weight excluding hydrogens is 655 g/mol. The molecule has 0 aliphatic carbocycles. The number of nitrogens with zero attached hydrogens (tertiary/aromatic N) is 10. The zero-order chi connectivity index (χ0) is 34.4. The van der Waals surface area contributed by atoms with Gasteiger partial charge in [0.1, 0.15) is 28.4 Å². The summed E-state index contributed by atoms with van der Waals surface area (Å²) in [5.41, 5.74) is 3.59. The van der Waals surface area contributed by atoms with E-state index in [0.29, 0.717) is 68.0 Å². The number of hydrogen-bond acceptors (Lipinski definition) is 11. The first-order valence-corrected chi connectivity index (χ1v) is 18.0. The highest BCUT2D eigenvalue weighted by atomic mass is 32.1. The Hall–Kier alpha value is -5.02. The summed E-state index contributed by atoms with van der Waals surface area (Å²) in [7, 11) is 0. The number of carbonyl (C=O) groups is 2. The summed E-state index contributed by atoms with van der Waals surface area (Å²) in [5.74, 6) is 2.01. The second-order valence-electron chi connectivity index (χ2n) is 13.4. The van der Waals surface area contributed by atoms with Gasteiger partial charge in [-0.1, -0.05) is 6.08 Å². The van der Waals surface area contributed by atoms with E-state index in [4.69, 9.17) is 9.72 Å². The van der Waals surface area contributed by atoms with E-state index in [1.54, 1.807) is 33.4 Å². The van der Waals surface area contributed by atoms with Crippen LogP contribution in [0.2, 0.25) is 0 Å². The van der Waals surface area contributed by atoms with Crippen molar-refractivity contribution in [3.63, 3.8) is 0 Å². The fraction of sp³-hybridized carbons (Fsp3) is 0.429. The molecule has 3 aliphatic heterocycles. The molecule has 2 saturated heterocycles. The number of carbonyl (C=O) groups excluding carboxylic acids is 2. The van der Waals surface area contributed by atoms with Crippen LogP contribution in [0.4, 0.5) is 5.82 Å². The van der Waals surface area contributed by atoms with Crippen LogP contribution in [0.1, 0.15) is 45.0 Å². The smallest absolute Gasteiger partial charge is 0.237 e. The van der Waals surface area contributed by atoms with Crippen LogP contribution < -0.4 is 9.64 Å². The molecule has 0 unspecified atom stereocenters. The Morgan fingerprint density at radius 3 is 2.72 bits per heavy atom. The number of H-pyrrole nitrogens is 1. The number of aryl methyl sites for hydroxylation is 1. The molecule has 8 heterocycles. The molecule has 50 heavy (non-hydrogen) atoms. The van der Waals surface area contributed by atoms with Gasteiger partial charge in [0.15, 0.2) is 5.82 Å². The molecule has 2 fully saturated rings. The number of aromatic nitrogens is 8. The topological polar surface area (TPSA) is 151 Å². The maximum absolute atomic E-state index is 14.0. The highest BCUT2D eigenvalue weighted by Gasteiger charge is 2.51. The number of rotatable bonds is 9. The summed E-state index contributed by atoms with van der Waals surface area (Å²) in [6.07, 6.45) is 9.63. The van der Waals surface area contributed by atoms with Gasteiger partial charge in [-0.2, -0.15) is 10.2 Å². The van der Waals surface area contributed by atoms with Crippen molar-refractivity contribution in [2.45, 2.75) is 52.7 Å². The molecule has 0 radical (unpaired) electrons. The van der Waals surface area contributed by atoms with E-state index in [1.807, 2.05) is 56.1 Å². The van der Waals surface area contributed by atoms with Gasteiger partial charge >= 0.3 is 0 Å². The van der Waals surface area contributed by atoms with Gasteiger partial charge in [0, 0.05) is 56.7 Å². The third kappa shape index (κ3) is 6.04. The third-order valence-electron chi connectivity index (χ3n) is 9.76. The van der Waals surface area contributed by atoms with Crippen molar-refractivity contribution in [1.82, 2.24) is 49.7 Å². The van der Waals surface area contributed by atoms with Crippen molar-refractivity contribution in [1.29, 1.82) is 0 Å². The fourth-order valence-electron chi connectivity index (χ4n) is 7.05. The molecular formula is C35H39N11O3S. The fourth-order valence-corrected chi connectivity index (χ4v) is 7.97. The number of ether oxygens (including phenoxy) is 1. The van der Waals surface area contributed by atoms with E-state index in [1.165, 1.54) is 0 Å². The predicted octanol–water partition coefficient (Wildman–Crippen LogP) is 4.29. The van der Waals surface area contributed by atoms with Crippen LogP contribution >= 0.6 is 11.3 Å². The number of thiazole rings is 1. The summed E-state index contributed by atoms with van der Waals surface area (Å²) in [4.78, 5) is 52.5. The molecule has 0 saturated carbocycles.